The van der Waals surface area contributed by atoms with Gasteiger partial charge in [0, 0.05) is 43.0 Å². The molecule has 0 saturated carbocycles. The third kappa shape index (κ3) is 8.76. The number of hydrogen-bond acceptors (Lipinski definition) is 8. The van der Waals surface area contributed by atoms with Crippen LogP contribution in [-0.2, 0) is 38.4 Å². The average molecular weight is 541 g/mol. The number of aliphatic hydroxyl groups excluding tert-OH is 1. The number of aromatic nitrogens is 4. The lowest BCUT2D eigenvalue weighted by Gasteiger charge is -2.25. The van der Waals surface area contributed by atoms with Gasteiger partial charge in [0.25, 0.3) is 0 Å². The fourth-order valence-corrected chi connectivity index (χ4v) is 3.80. The maximum atomic E-state index is 13.5. The Bertz CT molecular complexity index is 1220. The van der Waals surface area contributed by atoms with E-state index in [2.05, 4.69) is 35.9 Å². The summed E-state index contributed by atoms with van der Waals surface area (Å²) in [7, 11) is 0. The van der Waals surface area contributed by atoms with Crippen molar-refractivity contribution in [2.24, 2.45) is 5.73 Å². The summed E-state index contributed by atoms with van der Waals surface area (Å²) >= 11 is 0. The number of amides is 3. The Kier molecular flexibility index (Phi) is 10.3. The van der Waals surface area contributed by atoms with E-state index in [-0.39, 0.29) is 19.3 Å². The highest BCUT2D eigenvalue weighted by molar-refractivity contribution is 5.94. The van der Waals surface area contributed by atoms with E-state index in [4.69, 9.17) is 5.73 Å². The molecule has 0 aliphatic heterocycles. The van der Waals surface area contributed by atoms with Crippen LogP contribution in [0.25, 0.3) is 0 Å². The van der Waals surface area contributed by atoms with Crippen LogP contribution in [0.3, 0.4) is 0 Å². The number of imidazole rings is 2. The van der Waals surface area contributed by atoms with Crippen LogP contribution in [0.4, 0.5) is 0 Å². The molecular formula is C25H32N8O6. The zero-order valence-corrected chi connectivity index (χ0v) is 21.2. The van der Waals surface area contributed by atoms with E-state index >= 15 is 0 Å². The van der Waals surface area contributed by atoms with Crippen LogP contribution in [0.15, 0.2) is 55.4 Å². The second kappa shape index (κ2) is 13.8. The Morgan fingerprint density at radius 2 is 1.38 bits per heavy atom. The second-order valence-corrected chi connectivity index (χ2v) is 9.05. The number of carboxylic acids is 1. The van der Waals surface area contributed by atoms with Gasteiger partial charge in [-0.1, -0.05) is 30.3 Å². The number of aliphatic carboxylic acids is 1. The summed E-state index contributed by atoms with van der Waals surface area (Å²) in [6.45, 7) is 1.22. The Labute approximate surface area is 223 Å². The molecule has 0 spiro atoms. The summed E-state index contributed by atoms with van der Waals surface area (Å²) in [5.41, 5.74) is 7.93. The van der Waals surface area contributed by atoms with Crippen LogP contribution in [0.5, 0.6) is 0 Å². The molecule has 3 rings (SSSR count). The van der Waals surface area contributed by atoms with Crippen molar-refractivity contribution in [1.82, 2.24) is 35.9 Å². The molecule has 0 saturated heterocycles. The molecule has 14 nitrogen and oxygen atoms in total. The molecule has 14 heteroatoms. The number of hydrogen-bond donors (Lipinski definition) is 8. The molecule has 3 amide bonds. The number of carbonyl (C=O) groups is 4. The zero-order chi connectivity index (χ0) is 28.4. The Morgan fingerprint density at radius 3 is 1.92 bits per heavy atom. The van der Waals surface area contributed by atoms with Gasteiger partial charge < -0.3 is 41.9 Å². The predicted octanol–water partition coefficient (Wildman–Crippen LogP) is -1.59. The number of nitrogens with one attached hydrogen (secondary N) is 5. The van der Waals surface area contributed by atoms with Gasteiger partial charge in [-0.15, -0.1) is 0 Å². The number of carboxylic acid groups (broad SMARTS) is 1. The highest BCUT2D eigenvalue weighted by Gasteiger charge is 2.32. The van der Waals surface area contributed by atoms with Gasteiger partial charge in [0.15, 0.2) is 6.04 Å². The zero-order valence-electron chi connectivity index (χ0n) is 21.2. The molecule has 2 heterocycles. The number of aromatic amines is 2. The predicted molar refractivity (Wildman–Crippen MR) is 138 cm³/mol. The molecule has 5 unspecified atom stereocenters. The van der Waals surface area contributed by atoms with Gasteiger partial charge in [-0.2, -0.15) is 0 Å². The van der Waals surface area contributed by atoms with Gasteiger partial charge in [-0.05, 0) is 12.5 Å². The van der Waals surface area contributed by atoms with Crippen molar-refractivity contribution in [3.8, 4) is 0 Å². The van der Waals surface area contributed by atoms with Crippen LogP contribution in [-0.4, -0.2) is 84.1 Å². The number of benzene rings is 1. The fraction of sp³-hybridized carbons (Fsp3) is 0.360. The summed E-state index contributed by atoms with van der Waals surface area (Å²) in [6, 6.07) is 3.99. The van der Waals surface area contributed by atoms with E-state index in [1.807, 2.05) is 6.07 Å². The summed E-state index contributed by atoms with van der Waals surface area (Å²) in [5, 5.41) is 26.7. The quantitative estimate of drug-likeness (QED) is 0.118. The fourth-order valence-electron chi connectivity index (χ4n) is 3.80. The summed E-state index contributed by atoms with van der Waals surface area (Å²) in [5.74, 6) is -3.56. The van der Waals surface area contributed by atoms with Gasteiger partial charge in [0.05, 0.1) is 24.8 Å². The molecule has 0 fully saturated rings. The molecule has 1 aromatic carbocycles. The molecule has 208 valence electrons. The van der Waals surface area contributed by atoms with E-state index in [1.54, 1.807) is 24.3 Å². The smallest absolute Gasteiger partial charge is 0.328 e. The number of H-pyrrole nitrogens is 2. The number of aliphatic hydroxyl groups is 1. The molecule has 0 radical (unpaired) electrons. The van der Waals surface area contributed by atoms with E-state index in [0.717, 1.165) is 5.56 Å². The SMILES string of the molecule is CC(O)C(NC(=O)C(Cc1cnc[nH]1)NC(=O)C(Cc1ccccc1)NC(=O)C(N)Cc1cnc[nH]1)C(=O)O. The molecule has 0 bridgehead atoms. The number of nitrogens with two attached hydrogens (primary N) is 1. The largest absolute Gasteiger partial charge is 0.480 e. The molecule has 5 atom stereocenters. The lowest BCUT2D eigenvalue weighted by molar-refractivity contribution is -0.145. The van der Waals surface area contributed by atoms with Crippen molar-refractivity contribution in [2.45, 2.75) is 56.5 Å². The van der Waals surface area contributed by atoms with E-state index < -0.39 is 54.0 Å². The van der Waals surface area contributed by atoms with Gasteiger partial charge in [0.1, 0.15) is 12.1 Å². The van der Waals surface area contributed by atoms with Crippen molar-refractivity contribution >= 4 is 23.7 Å². The topological polar surface area (TPSA) is 228 Å². The van der Waals surface area contributed by atoms with Crippen molar-refractivity contribution in [1.29, 1.82) is 0 Å². The highest BCUT2D eigenvalue weighted by atomic mass is 16.4. The summed E-state index contributed by atoms with van der Waals surface area (Å²) in [4.78, 5) is 64.4. The monoisotopic (exact) mass is 540 g/mol. The first-order chi connectivity index (χ1) is 18.6. The molecule has 9 N–H and O–H groups in total. The normalized spacial score (nSPS) is 14.8. The maximum absolute atomic E-state index is 13.5. The standard InChI is InChI=1S/C25H32N8O6/c1-14(34)21(25(38)39)33-24(37)20(9-17-11-28-13-30-17)32-23(36)19(7-15-5-3-2-4-6-15)31-22(35)18(26)8-16-10-27-12-29-16/h2-6,10-14,18-21,34H,7-9,26H2,1H3,(H,27,29)(H,28,30)(H,31,35)(H,32,36)(H,33,37)(H,38,39). The second-order valence-electron chi connectivity index (χ2n) is 9.05. The number of carbonyl (C=O) groups excluding carboxylic acids is 3. The van der Waals surface area contributed by atoms with Gasteiger partial charge in [-0.3, -0.25) is 14.4 Å². The number of nitrogens with zero attached hydrogens (tertiary/aromatic N) is 2. The maximum Gasteiger partial charge on any atom is 0.328 e. The van der Waals surface area contributed by atoms with Crippen molar-refractivity contribution in [3.63, 3.8) is 0 Å². The molecule has 2 aromatic heterocycles. The minimum Gasteiger partial charge on any atom is -0.480 e. The minimum atomic E-state index is -1.60. The number of rotatable bonds is 14. The van der Waals surface area contributed by atoms with Crippen LogP contribution >= 0.6 is 0 Å². The third-order valence-electron chi connectivity index (χ3n) is 5.91. The van der Waals surface area contributed by atoms with Crippen LogP contribution in [0.2, 0.25) is 0 Å². The molecule has 0 aliphatic rings. The van der Waals surface area contributed by atoms with Crippen molar-refractivity contribution in [3.05, 3.63) is 72.3 Å². The molecule has 3 aromatic rings. The van der Waals surface area contributed by atoms with Crippen molar-refractivity contribution in [2.75, 3.05) is 0 Å². The van der Waals surface area contributed by atoms with E-state index in [9.17, 15) is 29.4 Å². The molecular weight excluding hydrogens is 508 g/mol. The van der Waals surface area contributed by atoms with Crippen molar-refractivity contribution < 1.29 is 29.4 Å². The lowest BCUT2D eigenvalue weighted by atomic mass is 10.0. The third-order valence-corrected chi connectivity index (χ3v) is 5.91. The minimum absolute atomic E-state index is 0.0605. The summed E-state index contributed by atoms with van der Waals surface area (Å²) in [6.07, 6.45) is 4.65. The van der Waals surface area contributed by atoms with Gasteiger partial charge in [-0.25, -0.2) is 14.8 Å². The van der Waals surface area contributed by atoms with Gasteiger partial charge >= 0.3 is 5.97 Å². The van der Waals surface area contributed by atoms with Crippen LogP contribution in [0, 0.1) is 0 Å². The molecule has 39 heavy (non-hydrogen) atoms. The van der Waals surface area contributed by atoms with E-state index in [0.29, 0.717) is 11.4 Å². The average Bonchev–Trinajstić information content (AvgIpc) is 3.61. The lowest BCUT2D eigenvalue weighted by Crippen LogP contribution is -2.59. The van der Waals surface area contributed by atoms with Crippen LogP contribution < -0.4 is 21.7 Å². The first-order valence-corrected chi connectivity index (χ1v) is 12.2. The Morgan fingerprint density at radius 1 is 0.846 bits per heavy atom. The molecule has 0 aliphatic carbocycles. The van der Waals surface area contributed by atoms with E-state index in [1.165, 1.54) is 32.0 Å². The first kappa shape index (κ1) is 29.0. The summed E-state index contributed by atoms with van der Waals surface area (Å²) < 4.78 is 0. The highest BCUT2D eigenvalue weighted by Crippen LogP contribution is 2.07. The first-order valence-electron chi connectivity index (χ1n) is 12.2. The Balaban J connectivity index is 1.79. The van der Waals surface area contributed by atoms with Crippen LogP contribution in [0.1, 0.15) is 23.9 Å². The Hall–Kier alpha value is -4.56. The van der Waals surface area contributed by atoms with Gasteiger partial charge in [0.2, 0.25) is 17.7 Å².